The molecule has 2 amide bonds. The van der Waals surface area contributed by atoms with Crippen molar-refractivity contribution in [1.82, 2.24) is 9.97 Å². The fourth-order valence-corrected chi connectivity index (χ4v) is 1.38. The number of hydrogen-bond donors (Lipinski definition) is 3. The normalized spacial score (nSPS) is 9.68. The molecule has 0 aliphatic carbocycles. The van der Waals surface area contributed by atoms with Gasteiger partial charge in [0.2, 0.25) is 0 Å². The molecule has 0 bridgehead atoms. The molecular formula is C12H10N4O3. The highest BCUT2D eigenvalue weighted by Gasteiger charge is 2.14. The summed E-state index contributed by atoms with van der Waals surface area (Å²) in [6.45, 7) is 0. The van der Waals surface area contributed by atoms with Crippen LogP contribution in [0, 0.1) is 0 Å². The first-order valence-electron chi connectivity index (χ1n) is 5.34. The van der Waals surface area contributed by atoms with Gasteiger partial charge in [-0.05, 0) is 12.1 Å². The molecule has 3 N–H and O–H groups in total. The average molecular weight is 258 g/mol. The van der Waals surface area contributed by atoms with Crippen LogP contribution >= 0.6 is 0 Å². The van der Waals surface area contributed by atoms with Crippen LogP contribution < -0.4 is 10.6 Å². The van der Waals surface area contributed by atoms with Gasteiger partial charge in [-0.25, -0.2) is 19.6 Å². The predicted octanol–water partition coefficient (Wildman–Crippen LogP) is 1.82. The van der Waals surface area contributed by atoms with Crippen LogP contribution in [-0.4, -0.2) is 27.1 Å². The number of para-hydroxylation sites is 1. The predicted molar refractivity (Wildman–Crippen MR) is 68.1 cm³/mol. The summed E-state index contributed by atoms with van der Waals surface area (Å²) in [6.07, 6.45) is 2.54. The van der Waals surface area contributed by atoms with Gasteiger partial charge in [0.25, 0.3) is 0 Å². The zero-order chi connectivity index (χ0) is 13.7. The Balaban J connectivity index is 2.09. The van der Waals surface area contributed by atoms with E-state index in [2.05, 4.69) is 20.6 Å². The van der Waals surface area contributed by atoms with E-state index in [9.17, 15) is 9.59 Å². The Labute approximate surface area is 108 Å². The molecule has 7 heteroatoms. The summed E-state index contributed by atoms with van der Waals surface area (Å²) in [5, 5.41) is 13.8. The highest BCUT2D eigenvalue weighted by atomic mass is 16.4. The lowest BCUT2D eigenvalue weighted by Crippen LogP contribution is -2.22. The Kier molecular flexibility index (Phi) is 3.67. The van der Waals surface area contributed by atoms with Gasteiger partial charge in [-0.15, -0.1) is 0 Å². The number of aromatic carboxylic acids is 1. The first-order valence-corrected chi connectivity index (χ1v) is 5.34. The molecule has 0 radical (unpaired) electrons. The van der Waals surface area contributed by atoms with Gasteiger partial charge in [0.15, 0.2) is 11.5 Å². The number of amides is 2. The van der Waals surface area contributed by atoms with Gasteiger partial charge in [0.1, 0.15) is 0 Å². The van der Waals surface area contributed by atoms with Crippen molar-refractivity contribution in [3.8, 4) is 0 Å². The van der Waals surface area contributed by atoms with E-state index >= 15 is 0 Å². The summed E-state index contributed by atoms with van der Waals surface area (Å²) in [6, 6.07) is 8.16. The maximum Gasteiger partial charge on any atom is 0.358 e. The van der Waals surface area contributed by atoms with Crippen LogP contribution in [0.25, 0.3) is 0 Å². The number of hydrogen-bond acceptors (Lipinski definition) is 4. The monoisotopic (exact) mass is 258 g/mol. The summed E-state index contributed by atoms with van der Waals surface area (Å²) in [4.78, 5) is 30.0. The van der Waals surface area contributed by atoms with Crippen molar-refractivity contribution in [1.29, 1.82) is 0 Å². The summed E-state index contributed by atoms with van der Waals surface area (Å²) in [5.74, 6) is -1.37. The highest BCUT2D eigenvalue weighted by Crippen LogP contribution is 2.10. The van der Waals surface area contributed by atoms with E-state index < -0.39 is 12.0 Å². The van der Waals surface area contributed by atoms with Crippen LogP contribution in [0.15, 0.2) is 42.7 Å². The molecule has 1 aromatic carbocycles. The van der Waals surface area contributed by atoms with Crippen molar-refractivity contribution in [2.45, 2.75) is 0 Å². The Hall–Kier alpha value is -2.96. The van der Waals surface area contributed by atoms with Gasteiger partial charge in [-0.1, -0.05) is 18.2 Å². The summed E-state index contributed by atoms with van der Waals surface area (Å²) < 4.78 is 0. The molecule has 1 aromatic heterocycles. The summed E-state index contributed by atoms with van der Waals surface area (Å²) in [7, 11) is 0. The number of carbonyl (C=O) groups excluding carboxylic acids is 1. The van der Waals surface area contributed by atoms with E-state index in [1.807, 2.05) is 6.07 Å². The Bertz CT molecular complexity index is 601. The van der Waals surface area contributed by atoms with Gasteiger partial charge in [0.05, 0.1) is 0 Å². The number of carbonyl (C=O) groups is 2. The standard InChI is InChI=1S/C12H10N4O3/c17-11(18)9-10(14-7-6-13-9)16-12(19)15-8-4-2-1-3-5-8/h1-7H,(H,17,18)(H2,14,15,16,19). The molecule has 0 atom stereocenters. The van der Waals surface area contributed by atoms with E-state index in [1.54, 1.807) is 24.3 Å². The number of benzene rings is 1. The van der Waals surface area contributed by atoms with Crippen molar-refractivity contribution < 1.29 is 14.7 Å². The SMILES string of the molecule is O=C(Nc1ccccc1)Nc1nccnc1C(=O)O. The maximum atomic E-state index is 11.7. The lowest BCUT2D eigenvalue weighted by Gasteiger charge is -2.07. The molecule has 19 heavy (non-hydrogen) atoms. The number of nitrogens with one attached hydrogen (secondary N) is 2. The van der Waals surface area contributed by atoms with Crippen LogP contribution in [0.1, 0.15) is 10.5 Å². The molecule has 0 fully saturated rings. The second kappa shape index (κ2) is 5.58. The largest absolute Gasteiger partial charge is 0.476 e. The van der Waals surface area contributed by atoms with Crippen LogP contribution in [0.3, 0.4) is 0 Å². The second-order valence-electron chi connectivity index (χ2n) is 3.50. The molecule has 2 rings (SSSR count). The van der Waals surface area contributed by atoms with E-state index in [-0.39, 0.29) is 11.5 Å². The smallest absolute Gasteiger partial charge is 0.358 e. The van der Waals surface area contributed by atoms with E-state index in [0.29, 0.717) is 5.69 Å². The number of rotatable bonds is 3. The molecular weight excluding hydrogens is 248 g/mol. The third kappa shape index (κ3) is 3.25. The van der Waals surface area contributed by atoms with Crippen molar-refractivity contribution in [2.75, 3.05) is 10.6 Å². The first kappa shape index (κ1) is 12.5. The summed E-state index contributed by atoms with van der Waals surface area (Å²) in [5.41, 5.74) is 0.270. The van der Waals surface area contributed by atoms with Crippen molar-refractivity contribution >= 4 is 23.5 Å². The Morgan fingerprint density at radius 2 is 1.68 bits per heavy atom. The van der Waals surface area contributed by atoms with Crippen LogP contribution in [-0.2, 0) is 0 Å². The zero-order valence-electron chi connectivity index (χ0n) is 9.70. The molecule has 96 valence electrons. The van der Waals surface area contributed by atoms with E-state index in [0.717, 1.165) is 0 Å². The number of urea groups is 1. The van der Waals surface area contributed by atoms with E-state index in [4.69, 9.17) is 5.11 Å². The van der Waals surface area contributed by atoms with Crippen LogP contribution in [0.5, 0.6) is 0 Å². The fourth-order valence-electron chi connectivity index (χ4n) is 1.38. The van der Waals surface area contributed by atoms with Crippen molar-refractivity contribution in [3.05, 3.63) is 48.4 Å². The van der Waals surface area contributed by atoms with Crippen LogP contribution in [0.4, 0.5) is 16.3 Å². The van der Waals surface area contributed by atoms with Crippen molar-refractivity contribution in [3.63, 3.8) is 0 Å². The highest BCUT2D eigenvalue weighted by molar-refractivity contribution is 6.02. The molecule has 2 aromatic rings. The summed E-state index contributed by atoms with van der Waals surface area (Å²) >= 11 is 0. The minimum Gasteiger partial charge on any atom is -0.476 e. The Morgan fingerprint density at radius 1 is 1.00 bits per heavy atom. The number of nitrogens with zero attached hydrogens (tertiary/aromatic N) is 2. The molecule has 0 spiro atoms. The molecule has 1 heterocycles. The molecule has 7 nitrogen and oxygen atoms in total. The quantitative estimate of drug-likeness (QED) is 0.778. The first-order chi connectivity index (χ1) is 9.16. The van der Waals surface area contributed by atoms with Gasteiger partial charge in [0, 0.05) is 18.1 Å². The number of anilines is 2. The zero-order valence-corrected chi connectivity index (χ0v) is 9.70. The second-order valence-corrected chi connectivity index (χ2v) is 3.50. The third-order valence-corrected chi connectivity index (χ3v) is 2.16. The average Bonchev–Trinajstić information content (AvgIpc) is 2.40. The topological polar surface area (TPSA) is 104 Å². The molecule has 0 aliphatic rings. The maximum absolute atomic E-state index is 11.7. The Morgan fingerprint density at radius 3 is 2.37 bits per heavy atom. The van der Waals surface area contributed by atoms with Gasteiger partial charge in [-0.2, -0.15) is 0 Å². The minimum atomic E-state index is -1.26. The third-order valence-electron chi connectivity index (χ3n) is 2.16. The minimum absolute atomic E-state index is 0.108. The van der Waals surface area contributed by atoms with Crippen molar-refractivity contribution in [2.24, 2.45) is 0 Å². The van der Waals surface area contributed by atoms with E-state index in [1.165, 1.54) is 12.4 Å². The lowest BCUT2D eigenvalue weighted by atomic mass is 10.3. The molecule has 0 saturated carbocycles. The van der Waals surface area contributed by atoms with Gasteiger partial charge >= 0.3 is 12.0 Å². The fraction of sp³-hybridized carbons (Fsp3) is 0. The molecule has 0 saturated heterocycles. The molecule has 0 unspecified atom stereocenters. The van der Waals surface area contributed by atoms with Gasteiger partial charge in [-0.3, -0.25) is 5.32 Å². The van der Waals surface area contributed by atoms with Gasteiger partial charge < -0.3 is 10.4 Å². The number of aromatic nitrogens is 2. The van der Waals surface area contributed by atoms with Crippen LogP contribution in [0.2, 0.25) is 0 Å². The number of carboxylic acid groups (broad SMARTS) is 1. The lowest BCUT2D eigenvalue weighted by molar-refractivity contribution is 0.0691. The number of carboxylic acids is 1. The molecule has 0 aliphatic heterocycles.